The van der Waals surface area contributed by atoms with E-state index in [4.69, 9.17) is 23.7 Å². The molecule has 0 amide bonds. The lowest BCUT2D eigenvalue weighted by molar-refractivity contribution is -0.301. The molecule has 0 saturated carbocycles. The van der Waals surface area contributed by atoms with Crippen molar-refractivity contribution in [1.29, 1.82) is 0 Å². The number of rotatable bonds is 54. The molecule has 0 aromatic heterocycles. The largest absolute Gasteiger partial charge is 0.479 e. The molecule has 1 rings (SSSR count). The van der Waals surface area contributed by atoms with E-state index in [1.165, 1.54) is 64.2 Å². The fourth-order valence-corrected chi connectivity index (χ4v) is 9.18. The molecule has 6 atom stereocenters. The van der Waals surface area contributed by atoms with Crippen LogP contribution in [-0.2, 0) is 42.9 Å². The lowest BCUT2D eigenvalue weighted by Gasteiger charge is -2.40. The summed E-state index contributed by atoms with van der Waals surface area (Å²) >= 11 is 0. The van der Waals surface area contributed by atoms with E-state index in [2.05, 4.69) is 118 Å². The third-order valence-corrected chi connectivity index (χ3v) is 14.1. The van der Waals surface area contributed by atoms with Crippen molar-refractivity contribution in [3.05, 3.63) is 97.2 Å². The Kier molecular flexibility index (Phi) is 51.7. The van der Waals surface area contributed by atoms with Gasteiger partial charge in [0.1, 0.15) is 18.8 Å². The number of carbonyl (C=O) groups excluding carboxylic acids is 3. The molecule has 1 fully saturated rings. The quantitative estimate of drug-likeness (QED) is 0.0228. The van der Waals surface area contributed by atoms with Crippen molar-refractivity contribution in [2.24, 2.45) is 0 Å². The van der Waals surface area contributed by atoms with E-state index in [1.807, 2.05) is 0 Å². The Morgan fingerprint density at radius 2 is 0.778 bits per heavy atom. The molecule has 0 spiro atoms. The van der Waals surface area contributed by atoms with E-state index in [9.17, 15) is 34.5 Å². The molecule has 462 valence electrons. The molecule has 3 N–H and O–H groups in total. The van der Waals surface area contributed by atoms with Gasteiger partial charge in [-0.15, -0.1) is 0 Å². The number of carboxylic acid groups (broad SMARTS) is 1. The number of hydrogen-bond donors (Lipinski definition) is 3. The van der Waals surface area contributed by atoms with Gasteiger partial charge in [-0.25, -0.2) is 4.79 Å². The van der Waals surface area contributed by atoms with Gasteiger partial charge in [-0.3, -0.25) is 14.4 Å². The zero-order chi connectivity index (χ0) is 58.9. The summed E-state index contributed by atoms with van der Waals surface area (Å²) in [5.41, 5.74) is 0. The molecule has 1 saturated heterocycles. The molecular weight excluding hydrogens is 1020 g/mol. The van der Waals surface area contributed by atoms with Crippen molar-refractivity contribution in [1.82, 2.24) is 0 Å². The van der Waals surface area contributed by atoms with Crippen molar-refractivity contribution in [3.8, 4) is 0 Å². The van der Waals surface area contributed by atoms with Gasteiger partial charge < -0.3 is 39.0 Å². The van der Waals surface area contributed by atoms with Crippen molar-refractivity contribution in [2.75, 3.05) is 13.2 Å². The number of aliphatic hydroxyl groups is 2. The molecule has 0 bridgehead atoms. The summed E-state index contributed by atoms with van der Waals surface area (Å²) in [6.07, 6.45) is 62.2. The van der Waals surface area contributed by atoms with Gasteiger partial charge in [0.15, 0.2) is 24.6 Å². The zero-order valence-corrected chi connectivity index (χ0v) is 51.0. The maximum Gasteiger partial charge on any atom is 0.335 e. The molecule has 81 heavy (non-hydrogen) atoms. The Balaban J connectivity index is 2.70. The minimum atomic E-state index is -1.92. The average Bonchev–Trinajstić information content (AvgIpc) is 3.52. The summed E-state index contributed by atoms with van der Waals surface area (Å²) in [5.74, 6) is -3.18. The van der Waals surface area contributed by atoms with Gasteiger partial charge in [0, 0.05) is 19.3 Å². The molecule has 0 aromatic carbocycles. The second-order valence-electron chi connectivity index (χ2n) is 21.7. The van der Waals surface area contributed by atoms with Crippen LogP contribution in [0, 0.1) is 0 Å². The van der Waals surface area contributed by atoms with Crippen LogP contribution in [0.1, 0.15) is 265 Å². The summed E-state index contributed by atoms with van der Waals surface area (Å²) in [6, 6.07) is 0. The number of ether oxygens (including phenoxy) is 5. The molecule has 0 aliphatic carbocycles. The summed E-state index contributed by atoms with van der Waals surface area (Å²) < 4.78 is 28.5. The highest BCUT2D eigenvalue weighted by atomic mass is 16.7. The fraction of sp³-hybridized carbons (Fsp3) is 0.710. The molecule has 1 aliphatic rings. The van der Waals surface area contributed by atoms with Crippen LogP contribution in [-0.4, -0.2) is 89.2 Å². The highest BCUT2D eigenvalue weighted by Gasteiger charge is 2.50. The first kappa shape index (κ1) is 74.7. The number of esters is 3. The number of aliphatic carboxylic acids is 1. The van der Waals surface area contributed by atoms with E-state index >= 15 is 0 Å². The van der Waals surface area contributed by atoms with Gasteiger partial charge in [0.25, 0.3) is 0 Å². The van der Waals surface area contributed by atoms with Crippen LogP contribution in [0.25, 0.3) is 0 Å². The van der Waals surface area contributed by atoms with Gasteiger partial charge in [0.05, 0.1) is 6.61 Å². The number of aliphatic hydroxyl groups excluding tert-OH is 2. The smallest absolute Gasteiger partial charge is 0.335 e. The molecule has 1 aliphatic heterocycles. The van der Waals surface area contributed by atoms with Gasteiger partial charge >= 0.3 is 23.9 Å². The van der Waals surface area contributed by atoms with Crippen molar-refractivity contribution in [3.63, 3.8) is 0 Å². The predicted octanol–water partition coefficient (Wildman–Crippen LogP) is 17.2. The van der Waals surface area contributed by atoms with Crippen LogP contribution >= 0.6 is 0 Å². The highest BCUT2D eigenvalue weighted by molar-refractivity contribution is 5.74. The second-order valence-corrected chi connectivity index (χ2v) is 21.7. The second kappa shape index (κ2) is 56.1. The molecule has 6 unspecified atom stereocenters. The van der Waals surface area contributed by atoms with Gasteiger partial charge in [-0.05, 0) is 122 Å². The Labute approximate surface area is 492 Å². The third kappa shape index (κ3) is 45.8. The van der Waals surface area contributed by atoms with Crippen LogP contribution in [0.4, 0.5) is 0 Å². The first-order valence-electron chi connectivity index (χ1n) is 32.2. The zero-order valence-electron chi connectivity index (χ0n) is 51.0. The highest BCUT2D eigenvalue weighted by Crippen LogP contribution is 2.26. The van der Waals surface area contributed by atoms with E-state index in [-0.39, 0.29) is 25.9 Å². The Hall–Kier alpha value is -4.36. The van der Waals surface area contributed by atoms with Gasteiger partial charge in [-0.2, -0.15) is 0 Å². The molecule has 1 heterocycles. The Morgan fingerprint density at radius 1 is 0.420 bits per heavy atom. The Morgan fingerprint density at radius 3 is 1.22 bits per heavy atom. The summed E-state index contributed by atoms with van der Waals surface area (Å²) in [5, 5.41) is 31.6. The summed E-state index contributed by atoms with van der Waals surface area (Å²) in [6.45, 7) is 5.83. The van der Waals surface area contributed by atoms with Crippen LogP contribution in [0.5, 0.6) is 0 Å². The van der Waals surface area contributed by atoms with Crippen molar-refractivity contribution in [2.45, 2.75) is 302 Å². The van der Waals surface area contributed by atoms with Crippen molar-refractivity contribution < 1.29 is 58.2 Å². The third-order valence-electron chi connectivity index (χ3n) is 14.1. The molecule has 0 aromatic rings. The maximum atomic E-state index is 13.2. The number of carbonyl (C=O) groups is 4. The van der Waals surface area contributed by atoms with Gasteiger partial charge in [0.2, 0.25) is 0 Å². The van der Waals surface area contributed by atoms with E-state index in [0.717, 1.165) is 141 Å². The van der Waals surface area contributed by atoms with E-state index < -0.39 is 67.3 Å². The van der Waals surface area contributed by atoms with Crippen LogP contribution in [0.2, 0.25) is 0 Å². The standard InChI is InChI=1S/C69H114O12/c1-4-7-10-13-16-19-22-25-28-30-31-33-35-37-40-43-46-49-52-55-61(70)77-58-60(79-62(71)56-53-50-47-44-41-39-36-32-29-26-23-20-17-14-11-8-5-2)59-78-69-67(65(74)64(73)66(81-69)68(75)76)80-63(72)57-54-51-48-45-42-38-34-27-24-21-18-15-12-9-6-3/h8,11,16-17,19-20,25-29,31,33-34,36,39,60,64-67,69,73-74H,4-7,9-10,12-15,18,21-24,30,32,35,37-38,40-59H2,1-3H3,(H,75,76)/b11-8-,19-16-,20-17-,28-25-,29-26-,33-31-,34-27-,39-36-. The minimum Gasteiger partial charge on any atom is -0.479 e. The number of unbranched alkanes of at least 4 members (excludes halogenated alkanes) is 24. The predicted molar refractivity (Wildman–Crippen MR) is 331 cm³/mol. The summed E-state index contributed by atoms with van der Waals surface area (Å²) in [7, 11) is 0. The Bertz CT molecular complexity index is 1780. The van der Waals surface area contributed by atoms with E-state index in [1.54, 1.807) is 0 Å². The lowest BCUT2D eigenvalue weighted by atomic mass is 9.98. The molecular formula is C69H114O12. The minimum absolute atomic E-state index is 0.0427. The average molecular weight is 1140 g/mol. The molecule has 12 heteroatoms. The number of carboxylic acids is 1. The first-order chi connectivity index (χ1) is 39.6. The van der Waals surface area contributed by atoms with Crippen LogP contribution in [0.15, 0.2) is 97.2 Å². The topological polar surface area (TPSA) is 175 Å². The SMILES string of the molecule is CC/C=C\C/C=C\C/C=C\C/C=C\CCCCCCC(=O)OC(COC(=O)CCCCCCCC/C=C\C/C=C\C/C=C\CCCCC)COC1OC(C(=O)O)C(O)C(O)C1OC(=O)CCCCCCC/C=C\CCCCCCCC. The van der Waals surface area contributed by atoms with Crippen LogP contribution in [0.3, 0.4) is 0 Å². The number of hydrogen-bond acceptors (Lipinski definition) is 11. The van der Waals surface area contributed by atoms with Crippen molar-refractivity contribution >= 4 is 23.9 Å². The van der Waals surface area contributed by atoms with E-state index in [0.29, 0.717) is 19.3 Å². The maximum absolute atomic E-state index is 13.2. The number of allylic oxidation sites excluding steroid dienone is 16. The molecule has 12 nitrogen and oxygen atoms in total. The monoisotopic (exact) mass is 1130 g/mol. The first-order valence-corrected chi connectivity index (χ1v) is 32.2. The summed E-state index contributed by atoms with van der Waals surface area (Å²) in [4.78, 5) is 51.3. The normalized spacial score (nSPS) is 18.4. The van der Waals surface area contributed by atoms with Gasteiger partial charge in [-0.1, -0.05) is 221 Å². The van der Waals surface area contributed by atoms with Crippen LogP contribution < -0.4 is 0 Å². The lowest BCUT2D eigenvalue weighted by Crippen LogP contribution is -2.61. The fourth-order valence-electron chi connectivity index (χ4n) is 9.18. The molecule has 0 radical (unpaired) electrons.